The zero-order valence-electron chi connectivity index (χ0n) is 12.2. The van der Waals surface area contributed by atoms with E-state index in [1.165, 1.54) is 20.8 Å². The Balaban J connectivity index is 0. The molecule has 0 heterocycles. The lowest BCUT2D eigenvalue weighted by molar-refractivity contribution is -0.132. The summed E-state index contributed by atoms with van der Waals surface area (Å²) in [6.07, 6.45) is 0. The normalized spacial score (nSPS) is 8.26. The molecule has 1 aromatic rings. The predicted molar refractivity (Wildman–Crippen MR) is 76.4 cm³/mol. The van der Waals surface area contributed by atoms with Crippen LogP contribution in [0.5, 0.6) is 5.75 Å². The van der Waals surface area contributed by atoms with Gasteiger partial charge in [0.25, 0.3) is 0 Å². The van der Waals surface area contributed by atoms with Crippen LogP contribution in [-0.4, -0.2) is 22.0 Å². The highest BCUT2D eigenvalue weighted by molar-refractivity contribution is 5.84. The number of aryl methyl sites for hydroxylation is 2. The fourth-order valence-electron chi connectivity index (χ4n) is 0.806. The third-order valence-corrected chi connectivity index (χ3v) is 1.80. The van der Waals surface area contributed by atoms with E-state index in [2.05, 4.69) is 6.58 Å². The molecule has 0 aliphatic heterocycles. The highest BCUT2D eigenvalue weighted by Crippen LogP contribution is 2.19. The standard InChI is InChI=1S/C8H10O.C4H6O2.C3H6O/c1-6-4-3-5-7(2)8(6)9;1-3(2)4(5)6;1-3(2)4/h3-5,9H,1-2H3;1H2,2H3,(H,5,6);1-2H3. The van der Waals surface area contributed by atoms with Crippen LogP contribution in [0.3, 0.4) is 0 Å². The molecule has 1 aromatic carbocycles. The molecule has 0 saturated heterocycles. The van der Waals surface area contributed by atoms with Gasteiger partial charge in [0.1, 0.15) is 11.5 Å². The summed E-state index contributed by atoms with van der Waals surface area (Å²) in [5.41, 5.74) is 2.06. The number of rotatable bonds is 1. The number of benzene rings is 1. The van der Waals surface area contributed by atoms with E-state index in [1.807, 2.05) is 32.0 Å². The molecule has 0 aliphatic rings. The van der Waals surface area contributed by atoms with Gasteiger partial charge >= 0.3 is 5.97 Å². The number of para-hydroxylation sites is 1. The van der Waals surface area contributed by atoms with Gasteiger partial charge in [0, 0.05) is 5.57 Å². The summed E-state index contributed by atoms with van der Waals surface area (Å²) in [6, 6.07) is 5.72. The Morgan fingerprint density at radius 2 is 1.32 bits per heavy atom. The van der Waals surface area contributed by atoms with Gasteiger partial charge in [-0.1, -0.05) is 24.8 Å². The Kier molecular flexibility index (Phi) is 10.0. The van der Waals surface area contributed by atoms with Crippen molar-refractivity contribution in [3.63, 3.8) is 0 Å². The van der Waals surface area contributed by atoms with Crippen LogP contribution in [0, 0.1) is 13.8 Å². The Hall–Kier alpha value is -2.10. The third kappa shape index (κ3) is 12.2. The van der Waals surface area contributed by atoms with Gasteiger partial charge in [0.15, 0.2) is 0 Å². The fourth-order valence-corrected chi connectivity index (χ4v) is 0.806. The number of carbonyl (C=O) groups is 2. The first-order chi connectivity index (χ1) is 8.59. The first-order valence-corrected chi connectivity index (χ1v) is 5.70. The van der Waals surface area contributed by atoms with Gasteiger partial charge in [-0.2, -0.15) is 0 Å². The highest BCUT2D eigenvalue weighted by Gasteiger charge is 1.95. The Labute approximate surface area is 114 Å². The van der Waals surface area contributed by atoms with E-state index in [0.29, 0.717) is 5.75 Å². The molecule has 0 aliphatic carbocycles. The molecule has 0 unspecified atom stereocenters. The molecule has 0 spiro atoms. The predicted octanol–water partition coefficient (Wildman–Crippen LogP) is 3.25. The second-order valence-corrected chi connectivity index (χ2v) is 4.23. The quantitative estimate of drug-likeness (QED) is 0.765. The van der Waals surface area contributed by atoms with E-state index in [1.54, 1.807) is 0 Å². The maximum absolute atomic E-state index is 9.60. The van der Waals surface area contributed by atoms with Gasteiger partial charge in [0.05, 0.1) is 0 Å². The summed E-state index contributed by atoms with van der Waals surface area (Å²) in [4.78, 5) is 19.0. The third-order valence-electron chi connectivity index (χ3n) is 1.80. The molecule has 0 fully saturated rings. The molecule has 0 saturated carbocycles. The minimum absolute atomic E-state index is 0.167. The van der Waals surface area contributed by atoms with Gasteiger partial charge in [-0.25, -0.2) is 4.79 Å². The molecule has 0 amide bonds. The summed E-state index contributed by atoms with van der Waals surface area (Å²) in [6.45, 7) is 11.4. The molecule has 1 rings (SSSR count). The maximum atomic E-state index is 9.60. The van der Waals surface area contributed by atoms with Crippen LogP contribution >= 0.6 is 0 Å². The van der Waals surface area contributed by atoms with Crippen LogP contribution < -0.4 is 0 Å². The average molecular weight is 266 g/mol. The van der Waals surface area contributed by atoms with Gasteiger partial charge in [-0.3, -0.25) is 0 Å². The van der Waals surface area contributed by atoms with Crippen molar-refractivity contribution in [2.75, 3.05) is 0 Å². The number of hydrogen-bond donors (Lipinski definition) is 2. The first-order valence-electron chi connectivity index (χ1n) is 5.70. The number of phenols is 1. The molecular weight excluding hydrogens is 244 g/mol. The Morgan fingerprint density at radius 1 is 1.05 bits per heavy atom. The van der Waals surface area contributed by atoms with Crippen LogP contribution in [-0.2, 0) is 9.59 Å². The van der Waals surface area contributed by atoms with Crippen molar-refractivity contribution in [3.8, 4) is 5.75 Å². The number of aromatic hydroxyl groups is 1. The second kappa shape index (κ2) is 9.88. The van der Waals surface area contributed by atoms with Crippen LogP contribution in [0.1, 0.15) is 31.9 Å². The zero-order valence-corrected chi connectivity index (χ0v) is 12.2. The van der Waals surface area contributed by atoms with Gasteiger partial charge in [-0.15, -0.1) is 0 Å². The lowest BCUT2D eigenvalue weighted by atomic mass is 10.1. The van der Waals surface area contributed by atoms with Crippen molar-refractivity contribution < 1.29 is 19.8 Å². The van der Waals surface area contributed by atoms with Gasteiger partial charge in [-0.05, 0) is 45.7 Å². The van der Waals surface area contributed by atoms with Crippen LogP contribution in [0.2, 0.25) is 0 Å². The van der Waals surface area contributed by atoms with Gasteiger partial charge in [0.2, 0.25) is 0 Å². The van der Waals surface area contributed by atoms with Crippen LogP contribution in [0.25, 0.3) is 0 Å². The maximum Gasteiger partial charge on any atom is 0.330 e. The molecule has 0 atom stereocenters. The number of ketones is 1. The summed E-state index contributed by atoms with van der Waals surface area (Å²) in [5, 5.41) is 17.1. The van der Waals surface area contributed by atoms with Gasteiger partial charge < -0.3 is 15.0 Å². The fraction of sp³-hybridized carbons (Fsp3) is 0.333. The lowest BCUT2D eigenvalue weighted by Crippen LogP contribution is -1.92. The highest BCUT2D eigenvalue weighted by atomic mass is 16.4. The SMILES string of the molecule is C=C(C)C(=O)O.CC(C)=O.Cc1cccc(C)c1O. The van der Waals surface area contributed by atoms with Crippen LogP contribution in [0.4, 0.5) is 0 Å². The molecule has 4 heteroatoms. The van der Waals surface area contributed by atoms with Crippen LogP contribution in [0.15, 0.2) is 30.4 Å². The second-order valence-electron chi connectivity index (χ2n) is 4.23. The van der Waals surface area contributed by atoms with Crippen molar-refractivity contribution in [2.24, 2.45) is 0 Å². The number of aliphatic carboxylic acids is 1. The number of phenolic OH excluding ortho intramolecular Hbond substituents is 1. The summed E-state index contributed by atoms with van der Waals surface area (Å²) < 4.78 is 0. The Bertz CT molecular complexity index is 411. The molecule has 2 N–H and O–H groups in total. The molecule has 0 radical (unpaired) electrons. The minimum atomic E-state index is -0.935. The smallest absolute Gasteiger partial charge is 0.330 e. The van der Waals surface area contributed by atoms with Crippen molar-refractivity contribution in [3.05, 3.63) is 41.5 Å². The van der Waals surface area contributed by atoms with E-state index in [9.17, 15) is 14.7 Å². The average Bonchev–Trinajstić information content (AvgIpc) is 2.25. The van der Waals surface area contributed by atoms with E-state index in [-0.39, 0.29) is 11.4 Å². The summed E-state index contributed by atoms with van der Waals surface area (Å²) >= 11 is 0. The van der Waals surface area contributed by atoms with Crippen molar-refractivity contribution in [1.29, 1.82) is 0 Å². The molecule has 0 bridgehead atoms. The first kappa shape index (κ1) is 19.2. The molecule has 0 aromatic heterocycles. The number of carboxylic acid groups (broad SMARTS) is 1. The summed E-state index contributed by atoms with van der Waals surface area (Å²) in [5.74, 6) is -0.354. The number of carboxylic acids is 1. The molecule has 106 valence electrons. The lowest BCUT2D eigenvalue weighted by Gasteiger charge is -1.99. The molecule has 4 nitrogen and oxygen atoms in total. The molecule has 19 heavy (non-hydrogen) atoms. The zero-order chi connectivity index (χ0) is 15.6. The number of carbonyl (C=O) groups excluding carboxylic acids is 1. The number of Topliss-reactive ketones (excluding diaryl/α,β-unsaturated/α-hetero) is 1. The van der Waals surface area contributed by atoms with E-state index < -0.39 is 5.97 Å². The van der Waals surface area contributed by atoms with E-state index in [0.717, 1.165) is 11.1 Å². The van der Waals surface area contributed by atoms with Crippen molar-refractivity contribution in [2.45, 2.75) is 34.6 Å². The Morgan fingerprint density at radius 3 is 1.47 bits per heavy atom. The van der Waals surface area contributed by atoms with E-state index in [4.69, 9.17) is 5.11 Å². The van der Waals surface area contributed by atoms with Crippen molar-refractivity contribution in [1.82, 2.24) is 0 Å². The van der Waals surface area contributed by atoms with Crippen molar-refractivity contribution >= 4 is 11.8 Å². The largest absolute Gasteiger partial charge is 0.507 e. The molecular formula is C15H22O4. The van der Waals surface area contributed by atoms with E-state index >= 15 is 0 Å². The topological polar surface area (TPSA) is 74.6 Å². The monoisotopic (exact) mass is 266 g/mol. The summed E-state index contributed by atoms with van der Waals surface area (Å²) in [7, 11) is 0. The number of hydrogen-bond acceptors (Lipinski definition) is 3. The minimum Gasteiger partial charge on any atom is -0.507 e.